The van der Waals surface area contributed by atoms with Crippen molar-refractivity contribution < 1.29 is 14.3 Å². The molecule has 1 heterocycles. The summed E-state index contributed by atoms with van der Waals surface area (Å²) in [5.74, 6) is 0.554. The fourth-order valence-electron chi connectivity index (χ4n) is 2.49. The first-order valence-corrected chi connectivity index (χ1v) is 8.97. The molecule has 0 N–H and O–H groups in total. The Morgan fingerprint density at radius 1 is 1.42 bits per heavy atom. The number of carbonyl (C=O) groups is 2. The molecule has 0 bridgehead atoms. The molecule has 1 aliphatic heterocycles. The van der Waals surface area contributed by atoms with Gasteiger partial charge in [-0.15, -0.1) is 0 Å². The van der Waals surface area contributed by atoms with Crippen LogP contribution in [0.15, 0.2) is 34.3 Å². The second-order valence-corrected chi connectivity index (χ2v) is 6.66. The van der Waals surface area contributed by atoms with Crippen LogP contribution in [0.5, 0.6) is 5.75 Å². The van der Waals surface area contributed by atoms with E-state index >= 15 is 0 Å². The first-order chi connectivity index (χ1) is 11.5. The highest BCUT2D eigenvalue weighted by Gasteiger charge is 2.28. The van der Waals surface area contributed by atoms with E-state index in [1.165, 1.54) is 18.7 Å². The smallest absolute Gasteiger partial charge is 0.176 e. The van der Waals surface area contributed by atoms with E-state index in [1.54, 1.807) is 30.7 Å². The highest BCUT2D eigenvalue weighted by Crippen LogP contribution is 2.41. The number of unbranched alkanes of at least 4 members (excludes halogenated alkanes) is 1. The Labute approximate surface area is 151 Å². The lowest BCUT2D eigenvalue weighted by molar-refractivity contribution is -0.114. The second-order valence-electron chi connectivity index (χ2n) is 5.36. The number of methoxy groups -OCH3 is 1. The van der Waals surface area contributed by atoms with Gasteiger partial charge in [0, 0.05) is 29.5 Å². The fourth-order valence-corrected chi connectivity index (χ4v) is 3.78. The van der Waals surface area contributed by atoms with Crippen LogP contribution in [0.1, 0.15) is 32.3 Å². The van der Waals surface area contributed by atoms with Gasteiger partial charge in [-0.25, -0.2) is 0 Å². The Balaban J connectivity index is 2.55. The van der Waals surface area contributed by atoms with Crippen LogP contribution in [0.25, 0.3) is 5.57 Å². The largest absolute Gasteiger partial charge is 0.496 e. The average molecular weight is 366 g/mol. The van der Waals surface area contributed by atoms with Crippen LogP contribution in [0.3, 0.4) is 0 Å². The normalized spacial score (nSPS) is 16.0. The van der Waals surface area contributed by atoms with E-state index in [-0.39, 0.29) is 5.78 Å². The molecule has 1 aliphatic rings. The van der Waals surface area contributed by atoms with Crippen molar-refractivity contribution >= 4 is 41.0 Å². The maximum Gasteiger partial charge on any atom is 0.176 e. The molecule has 0 aromatic heterocycles. The molecule has 2 rings (SSSR count). The monoisotopic (exact) mass is 365 g/mol. The van der Waals surface area contributed by atoms with Gasteiger partial charge in [0.15, 0.2) is 12.1 Å². The summed E-state index contributed by atoms with van der Waals surface area (Å²) in [6.45, 7) is 4.31. The highest BCUT2D eigenvalue weighted by molar-refractivity contribution is 8.06. The van der Waals surface area contributed by atoms with Crippen molar-refractivity contribution in [1.29, 1.82) is 0 Å². The number of halogens is 1. The van der Waals surface area contributed by atoms with Crippen molar-refractivity contribution in [1.82, 2.24) is 4.90 Å². The van der Waals surface area contributed by atoms with Gasteiger partial charge in [-0.1, -0.05) is 36.7 Å². The first-order valence-electron chi connectivity index (χ1n) is 7.72. The summed E-state index contributed by atoms with van der Waals surface area (Å²) in [6, 6.07) is 5.16. The molecule has 0 saturated carbocycles. The molecule has 0 atom stereocenters. The number of hydrogen-bond donors (Lipinski definition) is 0. The van der Waals surface area contributed by atoms with E-state index in [0.717, 1.165) is 24.2 Å². The molecule has 1 aromatic carbocycles. The summed E-state index contributed by atoms with van der Waals surface area (Å²) in [6.07, 6.45) is 2.72. The third-order valence-electron chi connectivity index (χ3n) is 3.71. The minimum atomic E-state index is -0.0167. The second kappa shape index (κ2) is 8.40. The van der Waals surface area contributed by atoms with Crippen molar-refractivity contribution in [2.24, 2.45) is 0 Å². The number of Topliss-reactive ketones (excluding diaryl/α,β-unsaturated/α-hetero) is 1. The summed E-state index contributed by atoms with van der Waals surface area (Å²) in [7, 11) is 1.55. The van der Waals surface area contributed by atoms with Gasteiger partial charge >= 0.3 is 0 Å². The van der Waals surface area contributed by atoms with Crippen molar-refractivity contribution in [3.8, 4) is 5.75 Å². The molecular formula is C18H20ClNO3S. The Morgan fingerprint density at radius 2 is 2.17 bits per heavy atom. The summed E-state index contributed by atoms with van der Waals surface area (Å²) in [5, 5.41) is 3.06. The Kier molecular flexibility index (Phi) is 6.52. The predicted octanol–water partition coefficient (Wildman–Crippen LogP) is 4.50. The maximum atomic E-state index is 11.9. The molecular weight excluding hydrogens is 346 g/mol. The molecule has 0 aliphatic carbocycles. The summed E-state index contributed by atoms with van der Waals surface area (Å²) < 4.78 is 5.37. The van der Waals surface area contributed by atoms with Crippen molar-refractivity contribution in [3.05, 3.63) is 44.9 Å². The lowest BCUT2D eigenvalue weighted by Gasteiger charge is -2.24. The number of nitrogens with zero attached hydrogens (tertiary/aromatic N) is 1. The first kappa shape index (κ1) is 18.6. The molecule has 1 aromatic rings. The third-order valence-corrected chi connectivity index (χ3v) is 4.95. The van der Waals surface area contributed by atoms with Crippen LogP contribution >= 0.6 is 23.4 Å². The Hall–Kier alpha value is -1.72. The zero-order valence-corrected chi connectivity index (χ0v) is 15.5. The zero-order chi connectivity index (χ0) is 17.7. The van der Waals surface area contributed by atoms with Crippen LogP contribution < -0.4 is 4.74 Å². The van der Waals surface area contributed by atoms with Gasteiger partial charge < -0.3 is 9.64 Å². The van der Waals surface area contributed by atoms with E-state index in [9.17, 15) is 9.59 Å². The van der Waals surface area contributed by atoms with Crippen molar-refractivity contribution in [3.63, 3.8) is 0 Å². The molecule has 6 heteroatoms. The predicted molar refractivity (Wildman–Crippen MR) is 99.0 cm³/mol. The SMILES string of the molecule is CCCCN1C(C(C)=O)=CS/C1=C(\C=O)c1cc(Cl)ccc1OC. The van der Waals surface area contributed by atoms with E-state index in [1.807, 2.05) is 4.90 Å². The van der Waals surface area contributed by atoms with Crippen LogP contribution in [-0.2, 0) is 9.59 Å². The number of carbonyl (C=O) groups excluding carboxylic acids is 2. The van der Waals surface area contributed by atoms with Crippen molar-refractivity contribution in [2.75, 3.05) is 13.7 Å². The van der Waals surface area contributed by atoms with Crippen LogP contribution in [0, 0.1) is 0 Å². The summed E-state index contributed by atoms with van der Waals surface area (Å²) >= 11 is 7.48. The number of aldehydes is 1. The van der Waals surface area contributed by atoms with E-state index in [2.05, 4.69) is 6.92 Å². The maximum absolute atomic E-state index is 11.9. The molecule has 0 amide bonds. The Bertz CT molecular complexity index is 712. The molecule has 24 heavy (non-hydrogen) atoms. The van der Waals surface area contributed by atoms with E-state index in [0.29, 0.717) is 34.2 Å². The summed E-state index contributed by atoms with van der Waals surface area (Å²) in [4.78, 5) is 25.7. The van der Waals surface area contributed by atoms with E-state index in [4.69, 9.17) is 16.3 Å². The average Bonchev–Trinajstić information content (AvgIpc) is 2.98. The highest BCUT2D eigenvalue weighted by atomic mass is 35.5. The van der Waals surface area contributed by atoms with Crippen LogP contribution in [-0.4, -0.2) is 30.6 Å². The van der Waals surface area contributed by atoms with Gasteiger partial charge in [-0.3, -0.25) is 9.59 Å². The van der Waals surface area contributed by atoms with Gasteiger partial charge in [0.1, 0.15) is 5.75 Å². The lowest BCUT2D eigenvalue weighted by atomic mass is 10.1. The Morgan fingerprint density at radius 3 is 2.75 bits per heavy atom. The zero-order valence-electron chi connectivity index (χ0n) is 14.0. The molecule has 0 radical (unpaired) electrons. The van der Waals surface area contributed by atoms with Gasteiger partial charge in [0.05, 0.1) is 23.4 Å². The standard InChI is InChI=1S/C18H20ClNO3S/c1-4-5-8-20-16(12(2)22)11-24-18(20)15(10-21)14-9-13(19)6-7-17(14)23-3/h6-7,9-11H,4-5,8H2,1-3H3/b18-15+. The number of ketones is 1. The number of rotatable bonds is 7. The number of ether oxygens (including phenoxy) is 1. The van der Waals surface area contributed by atoms with Gasteiger partial charge in [-0.2, -0.15) is 0 Å². The van der Waals surface area contributed by atoms with E-state index < -0.39 is 0 Å². The number of hydrogen-bond acceptors (Lipinski definition) is 5. The summed E-state index contributed by atoms with van der Waals surface area (Å²) in [5.41, 5.74) is 1.72. The number of allylic oxidation sites excluding steroid dienone is 2. The number of benzene rings is 1. The third kappa shape index (κ3) is 3.84. The topological polar surface area (TPSA) is 46.6 Å². The van der Waals surface area contributed by atoms with Crippen LogP contribution in [0.2, 0.25) is 5.02 Å². The quantitative estimate of drug-likeness (QED) is 0.526. The van der Waals surface area contributed by atoms with Crippen molar-refractivity contribution in [2.45, 2.75) is 26.7 Å². The molecule has 0 unspecified atom stereocenters. The molecule has 4 nitrogen and oxygen atoms in total. The lowest BCUT2D eigenvalue weighted by Crippen LogP contribution is -2.23. The molecule has 0 fully saturated rings. The minimum absolute atomic E-state index is 0.0167. The number of thioether (sulfide) groups is 1. The molecule has 0 saturated heterocycles. The van der Waals surface area contributed by atoms with Gasteiger partial charge in [-0.05, 0) is 24.6 Å². The molecule has 0 spiro atoms. The fraction of sp³-hybridized carbons (Fsp3) is 0.333. The van der Waals surface area contributed by atoms with Gasteiger partial charge in [0.25, 0.3) is 0 Å². The van der Waals surface area contributed by atoms with Gasteiger partial charge in [0.2, 0.25) is 0 Å². The minimum Gasteiger partial charge on any atom is -0.496 e. The molecule has 128 valence electrons. The van der Waals surface area contributed by atoms with Crippen LogP contribution in [0.4, 0.5) is 0 Å².